The third-order valence-electron chi connectivity index (χ3n) is 1.19. The molecule has 0 radical (unpaired) electrons. The molecular weight excluding hydrogens is 218 g/mol. The first-order valence-electron chi connectivity index (χ1n) is 3.35. The van der Waals surface area contributed by atoms with E-state index in [4.69, 9.17) is 34.8 Å². The molecule has 2 nitrogen and oxygen atoms in total. The van der Waals surface area contributed by atoms with E-state index < -0.39 is 0 Å². The van der Waals surface area contributed by atoms with E-state index in [0.29, 0.717) is 28.3 Å². The van der Waals surface area contributed by atoms with Gasteiger partial charge < -0.3 is 5.32 Å². The van der Waals surface area contributed by atoms with Gasteiger partial charge in [0.25, 0.3) is 0 Å². The Kier molecular flexibility index (Phi) is 3.92. The Hall–Kier alpha value is -0.180. The second-order valence-corrected chi connectivity index (χ2v) is 3.32. The predicted octanol–water partition coefficient (Wildman–Crippen LogP) is 3.04. The quantitative estimate of drug-likeness (QED) is 0.800. The van der Waals surface area contributed by atoms with E-state index in [9.17, 15) is 0 Å². The number of anilines is 1. The van der Waals surface area contributed by atoms with Gasteiger partial charge in [-0.1, -0.05) is 23.2 Å². The van der Waals surface area contributed by atoms with E-state index >= 15 is 0 Å². The summed E-state index contributed by atoms with van der Waals surface area (Å²) >= 11 is 16.9. The van der Waals surface area contributed by atoms with E-state index in [1.54, 1.807) is 6.07 Å². The lowest BCUT2D eigenvalue weighted by Gasteiger charge is -2.04. The van der Waals surface area contributed by atoms with Gasteiger partial charge >= 0.3 is 0 Å². The molecule has 12 heavy (non-hydrogen) atoms. The summed E-state index contributed by atoms with van der Waals surface area (Å²) < 4.78 is 0. The number of pyridine rings is 1. The molecule has 0 spiro atoms. The molecule has 0 amide bonds. The molecule has 0 aliphatic heterocycles. The van der Waals surface area contributed by atoms with E-state index in [1.165, 1.54) is 6.20 Å². The van der Waals surface area contributed by atoms with Crippen molar-refractivity contribution in [2.75, 3.05) is 17.7 Å². The number of halogens is 3. The molecule has 1 N–H and O–H groups in total. The number of hydrogen-bond donors (Lipinski definition) is 1. The van der Waals surface area contributed by atoms with Crippen molar-refractivity contribution >= 4 is 40.6 Å². The van der Waals surface area contributed by atoms with Crippen LogP contribution in [0.4, 0.5) is 5.82 Å². The molecule has 0 saturated carbocycles. The molecule has 1 heterocycles. The second kappa shape index (κ2) is 4.75. The summed E-state index contributed by atoms with van der Waals surface area (Å²) in [5.41, 5.74) is 0. The molecule has 66 valence electrons. The van der Waals surface area contributed by atoms with Crippen molar-refractivity contribution in [3.63, 3.8) is 0 Å². The summed E-state index contributed by atoms with van der Waals surface area (Å²) in [6, 6.07) is 1.63. The van der Waals surface area contributed by atoms with Crippen molar-refractivity contribution in [1.29, 1.82) is 0 Å². The maximum absolute atomic E-state index is 5.81. The lowest BCUT2D eigenvalue weighted by atomic mass is 10.4. The number of alkyl halides is 1. The first-order chi connectivity index (χ1) is 5.74. The van der Waals surface area contributed by atoms with E-state index in [-0.39, 0.29) is 0 Å². The highest BCUT2D eigenvalue weighted by atomic mass is 35.5. The predicted molar refractivity (Wildman–Crippen MR) is 53.5 cm³/mol. The monoisotopic (exact) mass is 224 g/mol. The van der Waals surface area contributed by atoms with E-state index in [0.717, 1.165) is 0 Å². The van der Waals surface area contributed by atoms with Crippen LogP contribution in [0.15, 0.2) is 12.3 Å². The maximum Gasteiger partial charge on any atom is 0.144 e. The number of nitrogens with one attached hydrogen (secondary N) is 1. The fourth-order valence-corrected chi connectivity index (χ4v) is 1.25. The third-order valence-corrected chi connectivity index (χ3v) is 1.88. The average molecular weight is 226 g/mol. The van der Waals surface area contributed by atoms with Gasteiger partial charge in [-0.2, -0.15) is 0 Å². The Bertz CT molecular complexity index is 265. The van der Waals surface area contributed by atoms with Gasteiger partial charge in [0.15, 0.2) is 0 Å². The highest BCUT2D eigenvalue weighted by molar-refractivity contribution is 6.35. The molecule has 0 aromatic carbocycles. The van der Waals surface area contributed by atoms with Crippen LogP contribution in [0.3, 0.4) is 0 Å². The normalized spacial score (nSPS) is 9.92. The number of nitrogens with zero attached hydrogens (tertiary/aromatic N) is 1. The van der Waals surface area contributed by atoms with Crippen LogP contribution in [-0.2, 0) is 0 Å². The molecule has 1 aromatic rings. The van der Waals surface area contributed by atoms with Crippen LogP contribution in [0.5, 0.6) is 0 Å². The van der Waals surface area contributed by atoms with Gasteiger partial charge in [-0.05, 0) is 6.07 Å². The molecule has 0 bridgehead atoms. The summed E-state index contributed by atoms with van der Waals surface area (Å²) in [5, 5.41) is 3.99. The smallest absolute Gasteiger partial charge is 0.144 e. The standard InChI is InChI=1S/C7H7Cl3N2/c8-1-2-11-7-6(10)3-5(9)4-12-7/h3-4H,1-2H2,(H,11,12). The molecule has 0 atom stereocenters. The van der Waals surface area contributed by atoms with Crippen molar-refractivity contribution in [3.8, 4) is 0 Å². The summed E-state index contributed by atoms with van der Waals surface area (Å²) in [6.07, 6.45) is 1.53. The van der Waals surface area contributed by atoms with Gasteiger partial charge in [-0.25, -0.2) is 4.98 Å². The summed E-state index contributed by atoms with van der Waals surface area (Å²) in [4.78, 5) is 3.98. The molecule has 0 saturated heterocycles. The first-order valence-corrected chi connectivity index (χ1v) is 4.64. The molecule has 0 fully saturated rings. The van der Waals surface area contributed by atoms with Crippen LogP contribution in [0.25, 0.3) is 0 Å². The fraction of sp³-hybridized carbons (Fsp3) is 0.286. The lowest BCUT2D eigenvalue weighted by Crippen LogP contribution is -2.04. The average Bonchev–Trinajstić information content (AvgIpc) is 2.03. The van der Waals surface area contributed by atoms with Gasteiger partial charge in [0.1, 0.15) is 5.82 Å². The van der Waals surface area contributed by atoms with Gasteiger partial charge in [0, 0.05) is 18.6 Å². The van der Waals surface area contributed by atoms with E-state index in [1.807, 2.05) is 0 Å². The number of rotatable bonds is 3. The van der Waals surface area contributed by atoms with Gasteiger partial charge in [0.05, 0.1) is 10.0 Å². The molecule has 0 aliphatic rings. The molecule has 0 aliphatic carbocycles. The molecular formula is C7H7Cl3N2. The first kappa shape index (κ1) is 9.90. The Morgan fingerprint density at radius 1 is 1.42 bits per heavy atom. The van der Waals surface area contributed by atoms with Crippen LogP contribution < -0.4 is 5.32 Å². The van der Waals surface area contributed by atoms with Gasteiger partial charge in [-0.3, -0.25) is 0 Å². The van der Waals surface area contributed by atoms with Crippen molar-refractivity contribution in [1.82, 2.24) is 4.98 Å². The Labute approximate surface area is 85.8 Å². The van der Waals surface area contributed by atoms with Crippen LogP contribution in [0.1, 0.15) is 0 Å². The highest BCUT2D eigenvalue weighted by Crippen LogP contribution is 2.21. The zero-order chi connectivity index (χ0) is 8.97. The zero-order valence-electron chi connectivity index (χ0n) is 6.15. The Balaban J connectivity index is 2.72. The highest BCUT2D eigenvalue weighted by Gasteiger charge is 2.00. The minimum absolute atomic E-state index is 0.507. The molecule has 1 rings (SSSR count). The summed E-state index contributed by atoms with van der Waals surface area (Å²) in [7, 11) is 0. The number of hydrogen-bond acceptors (Lipinski definition) is 2. The summed E-state index contributed by atoms with van der Waals surface area (Å²) in [6.45, 7) is 0.635. The van der Waals surface area contributed by atoms with Crippen molar-refractivity contribution in [3.05, 3.63) is 22.3 Å². The van der Waals surface area contributed by atoms with Gasteiger partial charge in [0.2, 0.25) is 0 Å². The topological polar surface area (TPSA) is 24.9 Å². The van der Waals surface area contributed by atoms with E-state index in [2.05, 4.69) is 10.3 Å². The SMILES string of the molecule is ClCCNc1ncc(Cl)cc1Cl. The largest absolute Gasteiger partial charge is 0.368 e. The number of aromatic nitrogens is 1. The Morgan fingerprint density at radius 2 is 2.17 bits per heavy atom. The minimum atomic E-state index is 0.507. The maximum atomic E-state index is 5.81. The lowest BCUT2D eigenvalue weighted by molar-refractivity contribution is 1.17. The second-order valence-electron chi connectivity index (χ2n) is 2.10. The van der Waals surface area contributed by atoms with Crippen LogP contribution in [0, 0.1) is 0 Å². The fourth-order valence-electron chi connectivity index (χ4n) is 0.710. The summed E-state index contributed by atoms with van der Waals surface area (Å²) in [5.74, 6) is 1.13. The minimum Gasteiger partial charge on any atom is -0.368 e. The van der Waals surface area contributed by atoms with Crippen molar-refractivity contribution in [2.45, 2.75) is 0 Å². The Morgan fingerprint density at radius 3 is 2.75 bits per heavy atom. The van der Waals surface area contributed by atoms with Crippen molar-refractivity contribution < 1.29 is 0 Å². The third kappa shape index (κ3) is 2.70. The van der Waals surface area contributed by atoms with Crippen LogP contribution in [0.2, 0.25) is 10.0 Å². The zero-order valence-corrected chi connectivity index (χ0v) is 8.42. The molecule has 1 aromatic heterocycles. The van der Waals surface area contributed by atoms with Crippen molar-refractivity contribution in [2.24, 2.45) is 0 Å². The van der Waals surface area contributed by atoms with Gasteiger partial charge in [-0.15, -0.1) is 11.6 Å². The van der Waals surface area contributed by atoms with Crippen LogP contribution in [-0.4, -0.2) is 17.4 Å². The van der Waals surface area contributed by atoms with Crippen LogP contribution >= 0.6 is 34.8 Å². The molecule has 5 heteroatoms. The molecule has 0 unspecified atom stereocenters.